The quantitative estimate of drug-likeness (QED) is 0.800. The Kier molecular flexibility index (Phi) is 4.64. The van der Waals surface area contributed by atoms with Crippen molar-refractivity contribution >= 4 is 29.1 Å². The Morgan fingerprint density at radius 1 is 1.19 bits per heavy atom. The molecule has 0 spiro atoms. The van der Waals surface area contributed by atoms with Crippen molar-refractivity contribution in [3.8, 4) is 0 Å². The van der Waals surface area contributed by atoms with Crippen molar-refractivity contribution in [3.05, 3.63) is 64.9 Å². The van der Waals surface area contributed by atoms with Gasteiger partial charge in [0.05, 0.1) is 0 Å². The maximum Gasteiger partial charge on any atom is 0.249 e. The first-order valence-corrected chi connectivity index (χ1v) is 9.44. The van der Waals surface area contributed by atoms with E-state index < -0.39 is 6.04 Å². The Morgan fingerprint density at radius 2 is 1.93 bits per heavy atom. The summed E-state index contributed by atoms with van der Waals surface area (Å²) in [5, 5.41) is 0.352. The third-order valence-electron chi connectivity index (χ3n) is 5.54. The topological polar surface area (TPSA) is 40.6 Å². The highest BCUT2D eigenvalue weighted by molar-refractivity contribution is 6.31. The number of carbonyl (C=O) groups excluding carboxylic acids is 2. The molecule has 1 aliphatic carbocycles. The van der Waals surface area contributed by atoms with Crippen molar-refractivity contribution in [1.82, 2.24) is 4.90 Å². The molecule has 1 aliphatic heterocycles. The first-order chi connectivity index (χ1) is 13.0. The molecule has 0 bridgehead atoms. The number of para-hydroxylation sites is 1. The predicted molar refractivity (Wildman–Crippen MR) is 102 cm³/mol. The second kappa shape index (κ2) is 6.97. The van der Waals surface area contributed by atoms with Gasteiger partial charge in [0.1, 0.15) is 11.9 Å². The van der Waals surface area contributed by atoms with Gasteiger partial charge in [-0.05, 0) is 37.1 Å². The molecule has 3 unspecified atom stereocenters. The number of likely N-dealkylation sites (N-methyl/N-ethyl adjacent to an activating group) is 1. The Hall–Kier alpha value is -2.40. The molecule has 0 N–H and O–H groups in total. The van der Waals surface area contributed by atoms with E-state index >= 15 is 0 Å². The van der Waals surface area contributed by atoms with Crippen LogP contribution in [0.25, 0.3) is 0 Å². The molecule has 3 atom stereocenters. The number of benzene rings is 2. The summed E-state index contributed by atoms with van der Waals surface area (Å²) in [6.07, 6.45) is 1.15. The number of rotatable bonds is 4. The van der Waals surface area contributed by atoms with Gasteiger partial charge < -0.3 is 9.80 Å². The number of nitrogens with zero attached hydrogens (tertiary/aromatic N) is 2. The standard InChI is InChI=1S/C21H20ClFN2O2/c1-24(18-10-11-25(21(18)27)13-6-3-2-4-7-13)20(26)15-12-14(15)19-16(22)8-5-9-17(19)23/h2-9,14-15,18H,10-12H2,1H3. The van der Waals surface area contributed by atoms with Crippen LogP contribution in [0.1, 0.15) is 24.3 Å². The highest BCUT2D eigenvalue weighted by atomic mass is 35.5. The molecule has 2 aromatic rings. The van der Waals surface area contributed by atoms with E-state index in [0.29, 0.717) is 30.0 Å². The second-order valence-corrected chi connectivity index (χ2v) is 7.57. The number of carbonyl (C=O) groups is 2. The summed E-state index contributed by atoms with van der Waals surface area (Å²) < 4.78 is 14.1. The van der Waals surface area contributed by atoms with Gasteiger partial charge in [0.15, 0.2) is 0 Å². The van der Waals surface area contributed by atoms with Crippen molar-refractivity contribution in [1.29, 1.82) is 0 Å². The predicted octanol–water partition coefficient (Wildman–Crippen LogP) is 3.85. The van der Waals surface area contributed by atoms with E-state index in [-0.39, 0.29) is 29.5 Å². The number of hydrogen-bond donors (Lipinski definition) is 0. The minimum absolute atomic E-state index is 0.0711. The average Bonchev–Trinajstić information content (AvgIpc) is 3.35. The lowest BCUT2D eigenvalue weighted by molar-refractivity contribution is -0.137. The number of amides is 2. The number of halogens is 2. The maximum atomic E-state index is 14.1. The summed E-state index contributed by atoms with van der Waals surface area (Å²) in [6, 6.07) is 13.5. The molecular weight excluding hydrogens is 367 g/mol. The van der Waals surface area contributed by atoms with Crippen LogP contribution in [0.5, 0.6) is 0 Å². The normalized spacial score (nSPS) is 24.2. The third kappa shape index (κ3) is 3.21. The first kappa shape index (κ1) is 18.0. The first-order valence-electron chi connectivity index (χ1n) is 9.06. The highest BCUT2D eigenvalue weighted by Gasteiger charge is 2.49. The fourth-order valence-corrected chi connectivity index (χ4v) is 4.26. The van der Waals surface area contributed by atoms with Crippen LogP contribution in [0.3, 0.4) is 0 Å². The van der Waals surface area contributed by atoms with Gasteiger partial charge in [-0.2, -0.15) is 0 Å². The molecule has 6 heteroatoms. The van der Waals surface area contributed by atoms with Crippen molar-refractivity contribution in [2.24, 2.45) is 5.92 Å². The van der Waals surface area contributed by atoms with Crippen LogP contribution in [0.2, 0.25) is 5.02 Å². The molecule has 27 heavy (non-hydrogen) atoms. The van der Waals surface area contributed by atoms with Crippen LogP contribution in [0.15, 0.2) is 48.5 Å². The fraction of sp³-hybridized carbons (Fsp3) is 0.333. The second-order valence-electron chi connectivity index (χ2n) is 7.16. The lowest BCUT2D eigenvalue weighted by atomic mass is 10.1. The van der Waals surface area contributed by atoms with Crippen molar-refractivity contribution in [2.75, 3.05) is 18.5 Å². The van der Waals surface area contributed by atoms with Crippen LogP contribution >= 0.6 is 11.6 Å². The van der Waals surface area contributed by atoms with Crippen LogP contribution in [-0.4, -0.2) is 36.3 Å². The smallest absolute Gasteiger partial charge is 0.249 e. The minimum atomic E-state index is -0.477. The summed E-state index contributed by atoms with van der Waals surface area (Å²) in [4.78, 5) is 28.9. The maximum absolute atomic E-state index is 14.1. The Morgan fingerprint density at radius 3 is 2.63 bits per heavy atom. The molecular formula is C21H20ClFN2O2. The number of hydrogen-bond acceptors (Lipinski definition) is 2. The third-order valence-corrected chi connectivity index (χ3v) is 5.87. The summed E-state index contributed by atoms with van der Waals surface area (Å²) >= 11 is 6.13. The molecule has 4 nitrogen and oxygen atoms in total. The highest BCUT2D eigenvalue weighted by Crippen LogP contribution is 2.51. The molecule has 1 heterocycles. The van der Waals surface area contributed by atoms with E-state index in [9.17, 15) is 14.0 Å². The van der Waals surface area contributed by atoms with Crippen molar-refractivity contribution in [3.63, 3.8) is 0 Å². The summed E-state index contributed by atoms with van der Waals surface area (Å²) in [7, 11) is 1.66. The van der Waals surface area contributed by atoms with Crippen molar-refractivity contribution < 1.29 is 14.0 Å². The van der Waals surface area contributed by atoms with Crippen LogP contribution in [0, 0.1) is 11.7 Å². The summed E-state index contributed by atoms with van der Waals surface area (Å²) in [5.41, 5.74) is 1.25. The van der Waals surface area contributed by atoms with Gasteiger partial charge in [-0.15, -0.1) is 0 Å². The summed E-state index contributed by atoms with van der Waals surface area (Å²) in [5.74, 6) is -1.10. The Balaban J connectivity index is 1.46. The molecule has 2 amide bonds. The van der Waals surface area contributed by atoms with E-state index in [0.717, 1.165) is 5.69 Å². The van der Waals surface area contributed by atoms with E-state index in [2.05, 4.69) is 0 Å². The van der Waals surface area contributed by atoms with Crippen LogP contribution in [-0.2, 0) is 9.59 Å². The van der Waals surface area contributed by atoms with E-state index in [4.69, 9.17) is 11.6 Å². The van der Waals surface area contributed by atoms with Gasteiger partial charge in [-0.25, -0.2) is 4.39 Å². The molecule has 0 radical (unpaired) electrons. The minimum Gasteiger partial charge on any atom is -0.333 e. The van der Waals surface area contributed by atoms with E-state index in [1.807, 2.05) is 30.3 Å². The lowest BCUT2D eigenvalue weighted by Crippen LogP contribution is -2.43. The molecule has 4 rings (SSSR count). The van der Waals surface area contributed by atoms with E-state index in [1.165, 1.54) is 11.0 Å². The lowest BCUT2D eigenvalue weighted by Gasteiger charge is -2.24. The molecule has 0 aromatic heterocycles. The van der Waals surface area contributed by atoms with Gasteiger partial charge in [0, 0.05) is 41.7 Å². The number of anilines is 1. The van der Waals surface area contributed by atoms with Gasteiger partial charge in [0.2, 0.25) is 11.8 Å². The largest absolute Gasteiger partial charge is 0.333 e. The molecule has 1 saturated carbocycles. The molecule has 1 saturated heterocycles. The summed E-state index contributed by atoms with van der Waals surface area (Å²) in [6.45, 7) is 0.582. The molecule has 2 fully saturated rings. The zero-order valence-corrected chi connectivity index (χ0v) is 15.7. The fourth-order valence-electron chi connectivity index (χ4n) is 3.96. The zero-order valence-electron chi connectivity index (χ0n) is 14.9. The van der Waals surface area contributed by atoms with Gasteiger partial charge in [0.25, 0.3) is 0 Å². The van der Waals surface area contributed by atoms with Crippen molar-refractivity contribution in [2.45, 2.75) is 24.8 Å². The molecule has 2 aliphatic rings. The zero-order chi connectivity index (χ0) is 19.1. The SMILES string of the molecule is CN(C(=O)C1CC1c1c(F)cccc1Cl)C1CCN(c2ccccc2)C1=O. The molecule has 2 aromatic carbocycles. The Bertz CT molecular complexity index is 869. The van der Waals surface area contributed by atoms with Crippen LogP contribution < -0.4 is 4.90 Å². The van der Waals surface area contributed by atoms with Crippen LogP contribution in [0.4, 0.5) is 10.1 Å². The van der Waals surface area contributed by atoms with E-state index in [1.54, 1.807) is 24.1 Å². The average molecular weight is 387 g/mol. The van der Waals surface area contributed by atoms with Gasteiger partial charge >= 0.3 is 0 Å². The molecule has 140 valence electrons. The Labute approximate surface area is 162 Å². The monoisotopic (exact) mass is 386 g/mol. The van der Waals surface area contributed by atoms with Gasteiger partial charge in [-0.3, -0.25) is 9.59 Å². The van der Waals surface area contributed by atoms with Gasteiger partial charge in [-0.1, -0.05) is 35.9 Å².